The van der Waals surface area contributed by atoms with Gasteiger partial charge in [0.15, 0.2) is 0 Å². The first-order valence-electron chi connectivity index (χ1n) is 10.9. The van der Waals surface area contributed by atoms with Crippen molar-refractivity contribution in [3.63, 3.8) is 0 Å². The van der Waals surface area contributed by atoms with Gasteiger partial charge in [-0.1, -0.05) is 55.2 Å². The van der Waals surface area contributed by atoms with Gasteiger partial charge in [0.1, 0.15) is 0 Å². The molecule has 5 rings (SSSR count). The molecule has 2 nitrogen and oxygen atoms in total. The molecule has 1 saturated carbocycles. The Kier molecular flexibility index (Phi) is 5.99. The standard InChI is InChI=1S/C25H31NO.ClH/c1-17-7-9-18(10-8-17)20-11-13-23-22(15-20)25-21(16-26-23)12-14-24(27-25)19-5-3-2-4-6-19;/h7-11,13,15,19,21,24-26H,2-6,12,14,16H2,1H3;1H. The Bertz CT molecular complexity index is 797. The fourth-order valence-electron chi connectivity index (χ4n) is 5.41. The van der Waals surface area contributed by atoms with Crippen molar-refractivity contribution in [2.24, 2.45) is 11.8 Å². The predicted molar refractivity (Wildman–Crippen MR) is 119 cm³/mol. The van der Waals surface area contributed by atoms with Crippen LogP contribution in [0.15, 0.2) is 42.5 Å². The van der Waals surface area contributed by atoms with E-state index in [9.17, 15) is 0 Å². The van der Waals surface area contributed by atoms with E-state index >= 15 is 0 Å². The molecule has 3 aliphatic rings. The maximum Gasteiger partial charge on any atom is 0.0893 e. The normalized spacial score (nSPS) is 27.1. The van der Waals surface area contributed by atoms with Crippen LogP contribution in [-0.4, -0.2) is 12.6 Å². The molecule has 2 aromatic rings. The number of aryl methyl sites for hydroxylation is 1. The molecule has 28 heavy (non-hydrogen) atoms. The molecular weight excluding hydrogens is 366 g/mol. The molecule has 2 heterocycles. The quantitative estimate of drug-likeness (QED) is 0.593. The summed E-state index contributed by atoms with van der Waals surface area (Å²) in [6, 6.07) is 15.8. The van der Waals surface area contributed by atoms with Crippen molar-refractivity contribution < 1.29 is 4.74 Å². The minimum absolute atomic E-state index is 0. The number of fused-ring (bicyclic) bond motifs is 3. The summed E-state index contributed by atoms with van der Waals surface area (Å²) in [7, 11) is 0. The lowest BCUT2D eigenvalue weighted by Crippen LogP contribution is -2.40. The number of rotatable bonds is 2. The van der Waals surface area contributed by atoms with E-state index in [1.165, 1.54) is 72.9 Å². The molecule has 0 bridgehead atoms. The van der Waals surface area contributed by atoms with Crippen LogP contribution in [0.4, 0.5) is 5.69 Å². The van der Waals surface area contributed by atoms with Gasteiger partial charge in [0.25, 0.3) is 0 Å². The van der Waals surface area contributed by atoms with Crippen molar-refractivity contribution in [2.45, 2.75) is 64.1 Å². The summed E-state index contributed by atoms with van der Waals surface area (Å²) in [6.45, 7) is 3.20. The second-order valence-electron chi connectivity index (χ2n) is 8.88. The van der Waals surface area contributed by atoms with Crippen molar-refractivity contribution in [1.82, 2.24) is 0 Å². The number of nitrogens with one attached hydrogen (secondary N) is 1. The van der Waals surface area contributed by atoms with Crippen LogP contribution in [0.25, 0.3) is 11.1 Å². The summed E-state index contributed by atoms with van der Waals surface area (Å²) in [4.78, 5) is 0. The van der Waals surface area contributed by atoms with Crippen LogP contribution in [-0.2, 0) is 4.74 Å². The van der Waals surface area contributed by atoms with Crippen molar-refractivity contribution >= 4 is 18.1 Å². The van der Waals surface area contributed by atoms with Crippen molar-refractivity contribution in [2.75, 3.05) is 11.9 Å². The van der Waals surface area contributed by atoms with E-state index in [4.69, 9.17) is 4.74 Å². The fourth-order valence-corrected chi connectivity index (χ4v) is 5.41. The van der Waals surface area contributed by atoms with E-state index in [0.29, 0.717) is 12.0 Å². The molecule has 2 fully saturated rings. The van der Waals surface area contributed by atoms with Crippen LogP contribution in [0, 0.1) is 18.8 Å². The summed E-state index contributed by atoms with van der Waals surface area (Å²) >= 11 is 0. The molecule has 2 aliphatic heterocycles. The highest BCUT2D eigenvalue weighted by molar-refractivity contribution is 5.85. The van der Waals surface area contributed by atoms with Gasteiger partial charge in [-0.2, -0.15) is 0 Å². The first kappa shape index (κ1) is 19.8. The van der Waals surface area contributed by atoms with E-state index in [1.54, 1.807) is 0 Å². The molecular formula is C25H32ClNO. The monoisotopic (exact) mass is 397 g/mol. The lowest BCUT2D eigenvalue weighted by atomic mass is 9.78. The van der Waals surface area contributed by atoms with Gasteiger partial charge in [-0.25, -0.2) is 0 Å². The molecule has 1 saturated heterocycles. The van der Waals surface area contributed by atoms with Gasteiger partial charge in [-0.3, -0.25) is 0 Å². The lowest BCUT2D eigenvalue weighted by Gasteiger charge is -2.44. The minimum atomic E-state index is 0. The van der Waals surface area contributed by atoms with E-state index in [0.717, 1.165) is 12.5 Å². The summed E-state index contributed by atoms with van der Waals surface area (Å²) in [6.07, 6.45) is 10.2. The molecule has 0 spiro atoms. The van der Waals surface area contributed by atoms with Gasteiger partial charge in [-0.15, -0.1) is 12.4 Å². The van der Waals surface area contributed by atoms with Crippen molar-refractivity contribution in [1.29, 1.82) is 0 Å². The van der Waals surface area contributed by atoms with Crippen LogP contribution in [0.2, 0.25) is 0 Å². The highest BCUT2D eigenvalue weighted by Crippen LogP contribution is 2.46. The lowest BCUT2D eigenvalue weighted by molar-refractivity contribution is -0.113. The van der Waals surface area contributed by atoms with Crippen LogP contribution in [0.5, 0.6) is 0 Å². The van der Waals surface area contributed by atoms with Gasteiger partial charge in [0.2, 0.25) is 0 Å². The number of halogens is 1. The zero-order valence-corrected chi connectivity index (χ0v) is 17.6. The van der Waals surface area contributed by atoms with Gasteiger partial charge in [0, 0.05) is 23.7 Å². The third kappa shape index (κ3) is 3.82. The number of hydrogen-bond acceptors (Lipinski definition) is 2. The maximum absolute atomic E-state index is 6.83. The minimum Gasteiger partial charge on any atom is -0.384 e. The first-order chi connectivity index (χ1) is 13.3. The maximum atomic E-state index is 6.83. The number of benzene rings is 2. The molecule has 0 amide bonds. The smallest absolute Gasteiger partial charge is 0.0893 e. The van der Waals surface area contributed by atoms with E-state index in [-0.39, 0.29) is 18.5 Å². The molecule has 1 aliphatic carbocycles. The zero-order valence-electron chi connectivity index (χ0n) is 16.8. The Morgan fingerprint density at radius 3 is 2.36 bits per heavy atom. The fraction of sp³-hybridized carbons (Fsp3) is 0.520. The predicted octanol–water partition coefficient (Wildman–Crippen LogP) is 6.93. The van der Waals surface area contributed by atoms with Crippen LogP contribution < -0.4 is 5.32 Å². The largest absolute Gasteiger partial charge is 0.384 e. The van der Waals surface area contributed by atoms with E-state index in [1.807, 2.05) is 0 Å². The molecule has 0 radical (unpaired) electrons. The second kappa shape index (κ2) is 8.47. The number of anilines is 1. The molecule has 0 aromatic heterocycles. The van der Waals surface area contributed by atoms with Gasteiger partial charge >= 0.3 is 0 Å². The third-order valence-electron chi connectivity index (χ3n) is 7.04. The first-order valence-corrected chi connectivity index (χ1v) is 10.9. The van der Waals surface area contributed by atoms with Gasteiger partial charge in [-0.05, 0) is 61.8 Å². The van der Waals surface area contributed by atoms with Crippen LogP contribution >= 0.6 is 12.4 Å². The Balaban J connectivity index is 0.00000192. The molecule has 3 unspecified atom stereocenters. The van der Waals surface area contributed by atoms with Crippen LogP contribution in [0.3, 0.4) is 0 Å². The topological polar surface area (TPSA) is 21.3 Å². The molecule has 1 N–H and O–H groups in total. The third-order valence-corrected chi connectivity index (χ3v) is 7.04. The summed E-state index contributed by atoms with van der Waals surface area (Å²) in [5, 5.41) is 3.66. The highest BCUT2D eigenvalue weighted by atomic mass is 35.5. The molecule has 3 atom stereocenters. The highest BCUT2D eigenvalue weighted by Gasteiger charge is 2.39. The summed E-state index contributed by atoms with van der Waals surface area (Å²) in [5.74, 6) is 1.41. The number of hydrogen-bond donors (Lipinski definition) is 1. The molecule has 150 valence electrons. The average Bonchev–Trinajstić information content (AvgIpc) is 2.74. The second-order valence-corrected chi connectivity index (χ2v) is 8.88. The average molecular weight is 398 g/mol. The van der Waals surface area contributed by atoms with E-state index < -0.39 is 0 Å². The Hall–Kier alpha value is -1.51. The Morgan fingerprint density at radius 1 is 0.821 bits per heavy atom. The summed E-state index contributed by atoms with van der Waals surface area (Å²) < 4.78 is 6.83. The number of ether oxygens (including phenoxy) is 1. The van der Waals surface area contributed by atoms with Gasteiger partial charge in [0.05, 0.1) is 12.2 Å². The van der Waals surface area contributed by atoms with Crippen molar-refractivity contribution in [3.05, 3.63) is 53.6 Å². The molecule has 3 heteroatoms. The molecule has 2 aromatic carbocycles. The Morgan fingerprint density at radius 2 is 1.57 bits per heavy atom. The SMILES string of the molecule is Cc1ccc(-c2ccc3c(c2)C2OC(C4CCCCC4)CCC2CN3)cc1.Cl. The van der Waals surface area contributed by atoms with Crippen LogP contribution in [0.1, 0.15) is 62.2 Å². The zero-order chi connectivity index (χ0) is 18.2. The van der Waals surface area contributed by atoms with E-state index in [2.05, 4.69) is 54.7 Å². The van der Waals surface area contributed by atoms with Crippen molar-refractivity contribution in [3.8, 4) is 11.1 Å². The summed E-state index contributed by atoms with van der Waals surface area (Å²) in [5.41, 5.74) is 6.57. The van der Waals surface area contributed by atoms with Gasteiger partial charge < -0.3 is 10.1 Å². The Labute approximate surface area is 175 Å².